The van der Waals surface area contributed by atoms with Gasteiger partial charge >= 0.3 is 6.03 Å². The van der Waals surface area contributed by atoms with Crippen LogP contribution in [-0.2, 0) is 0 Å². The summed E-state index contributed by atoms with van der Waals surface area (Å²) in [4.78, 5) is 25.0. The molecule has 7 nitrogen and oxygen atoms in total. The number of fused-ring (bicyclic) bond motifs is 4. The number of halogens is 1. The highest BCUT2D eigenvalue weighted by Crippen LogP contribution is 2.46. The standard InChI is InChI=1S/C18H16BrN3O4/c1-10-7-11(3-5-14(10)19)21-17(23)20-15-9-18(21,2)26-16-6-4-12(22(24)25)8-13(15)16/h3-8,15H,9H2,1-2H3,(H,20,23)/t15-,18+/m1/s1. The van der Waals surface area contributed by atoms with Gasteiger partial charge in [0, 0.05) is 34.3 Å². The number of nitro groups is 1. The number of anilines is 1. The van der Waals surface area contributed by atoms with E-state index in [4.69, 9.17) is 4.74 Å². The minimum Gasteiger partial charge on any atom is -0.467 e. The van der Waals surface area contributed by atoms with Crippen LogP contribution < -0.4 is 15.0 Å². The normalized spacial score (nSPS) is 23.7. The molecule has 134 valence electrons. The van der Waals surface area contributed by atoms with Crippen LogP contribution in [0.3, 0.4) is 0 Å². The van der Waals surface area contributed by atoms with Crippen LogP contribution in [0.5, 0.6) is 5.75 Å². The number of aryl methyl sites for hydroxylation is 1. The van der Waals surface area contributed by atoms with E-state index in [9.17, 15) is 14.9 Å². The van der Waals surface area contributed by atoms with Gasteiger partial charge in [0.1, 0.15) is 5.75 Å². The van der Waals surface area contributed by atoms with Gasteiger partial charge in [0.05, 0.1) is 11.0 Å². The number of hydrogen-bond donors (Lipinski definition) is 1. The van der Waals surface area contributed by atoms with Gasteiger partial charge in [-0.2, -0.15) is 0 Å². The number of nitro benzene ring substituents is 1. The molecule has 1 saturated heterocycles. The summed E-state index contributed by atoms with van der Waals surface area (Å²) < 4.78 is 7.13. The number of urea groups is 1. The molecule has 0 spiro atoms. The predicted octanol–water partition coefficient (Wildman–Crippen LogP) is 4.44. The summed E-state index contributed by atoms with van der Waals surface area (Å²) in [6.07, 6.45) is 0.488. The SMILES string of the molecule is Cc1cc(N2C(=O)N[C@@H]3C[C@]2(C)Oc2ccc([N+](=O)[O-])cc23)ccc1Br. The minimum absolute atomic E-state index is 0.0174. The minimum atomic E-state index is -0.879. The maximum atomic E-state index is 12.8. The van der Waals surface area contributed by atoms with E-state index in [1.54, 1.807) is 11.0 Å². The molecule has 0 aliphatic carbocycles. The van der Waals surface area contributed by atoms with Gasteiger partial charge < -0.3 is 10.1 Å². The van der Waals surface area contributed by atoms with E-state index in [1.165, 1.54) is 12.1 Å². The fraction of sp³-hybridized carbons (Fsp3) is 0.278. The molecule has 0 unspecified atom stereocenters. The molecule has 2 atom stereocenters. The Balaban J connectivity index is 1.78. The van der Waals surface area contributed by atoms with Crippen molar-refractivity contribution in [3.8, 4) is 5.75 Å². The van der Waals surface area contributed by atoms with Crippen molar-refractivity contribution in [2.24, 2.45) is 0 Å². The zero-order valence-electron chi connectivity index (χ0n) is 14.2. The largest absolute Gasteiger partial charge is 0.467 e. The zero-order valence-corrected chi connectivity index (χ0v) is 15.7. The summed E-state index contributed by atoms with van der Waals surface area (Å²) in [5.41, 5.74) is 1.48. The Morgan fingerprint density at radius 3 is 2.81 bits per heavy atom. The molecule has 2 aromatic rings. The van der Waals surface area contributed by atoms with Crippen LogP contribution in [0.2, 0.25) is 0 Å². The number of ether oxygens (including phenoxy) is 1. The lowest BCUT2D eigenvalue weighted by molar-refractivity contribution is -0.385. The lowest BCUT2D eigenvalue weighted by atomic mass is 9.90. The molecule has 2 heterocycles. The molecular weight excluding hydrogens is 402 g/mol. The molecule has 2 amide bonds. The molecule has 0 aromatic heterocycles. The summed E-state index contributed by atoms with van der Waals surface area (Å²) in [6.45, 7) is 3.82. The Hall–Kier alpha value is -2.61. The molecule has 2 aliphatic rings. The smallest absolute Gasteiger partial charge is 0.325 e. The second kappa shape index (κ2) is 5.70. The number of carbonyl (C=O) groups excluding carboxylic acids is 1. The number of benzene rings is 2. The van der Waals surface area contributed by atoms with E-state index in [-0.39, 0.29) is 17.8 Å². The number of non-ortho nitro benzene ring substituents is 1. The number of nitrogens with zero attached hydrogens (tertiary/aromatic N) is 2. The third-order valence-electron chi connectivity index (χ3n) is 4.87. The zero-order chi connectivity index (χ0) is 18.6. The Morgan fingerprint density at radius 1 is 1.35 bits per heavy atom. The van der Waals surface area contributed by atoms with Crippen LogP contribution in [0.15, 0.2) is 40.9 Å². The molecular formula is C18H16BrN3O4. The number of carbonyl (C=O) groups is 1. The average Bonchev–Trinajstić information content (AvgIpc) is 2.57. The Morgan fingerprint density at radius 2 is 2.12 bits per heavy atom. The van der Waals surface area contributed by atoms with Crippen molar-refractivity contribution in [2.45, 2.75) is 32.0 Å². The van der Waals surface area contributed by atoms with Gasteiger partial charge in [0.15, 0.2) is 5.72 Å². The first-order chi connectivity index (χ1) is 12.3. The second-order valence-corrected chi connectivity index (χ2v) is 7.59. The van der Waals surface area contributed by atoms with Crippen LogP contribution in [-0.4, -0.2) is 16.7 Å². The fourth-order valence-electron chi connectivity index (χ4n) is 3.63. The number of nitrogens with one attached hydrogen (secondary N) is 1. The van der Waals surface area contributed by atoms with Gasteiger partial charge in [-0.1, -0.05) is 15.9 Å². The maximum absolute atomic E-state index is 12.8. The van der Waals surface area contributed by atoms with Crippen molar-refractivity contribution >= 4 is 33.3 Å². The highest BCUT2D eigenvalue weighted by molar-refractivity contribution is 9.10. The first-order valence-corrected chi connectivity index (χ1v) is 8.92. The van der Waals surface area contributed by atoms with Crippen molar-refractivity contribution in [2.75, 3.05) is 4.90 Å². The van der Waals surface area contributed by atoms with Gasteiger partial charge in [0.25, 0.3) is 5.69 Å². The van der Waals surface area contributed by atoms with E-state index >= 15 is 0 Å². The molecule has 4 rings (SSSR count). The summed E-state index contributed by atoms with van der Waals surface area (Å²) in [5, 5.41) is 14.0. The molecule has 8 heteroatoms. The lowest BCUT2D eigenvalue weighted by Crippen LogP contribution is -2.65. The molecule has 26 heavy (non-hydrogen) atoms. The Labute approximate surface area is 158 Å². The summed E-state index contributed by atoms with van der Waals surface area (Å²) >= 11 is 3.47. The number of hydrogen-bond acceptors (Lipinski definition) is 4. The van der Waals surface area contributed by atoms with Gasteiger partial charge in [-0.05, 0) is 43.7 Å². The van der Waals surface area contributed by atoms with Crippen LogP contribution in [0.25, 0.3) is 0 Å². The van der Waals surface area contributed by atoms with Crippen LogP contribution in [0.4, 0.5) is 16.2 Å². The third kappa shape index (κ3) is 2.52. The average molecular weight is 418 g/mol. The molecule has 1 N–H and O–H groups in total. The van der Waals surface area contributed by atoms with E-state index in [1.807, 2.05) is 32.0 Å². The highest BCUT2D eigenvalue weighted by Gasteiger charge is 2.50. The number of rotatable bonds is 2. The molecule has 0 saturated carbocycles. The highest BCUT2D eigenvalue weighted by atomic mass is 79.9. The van der Waals surface area contributed by atoms with Gasteiger partial charge in [-0.3, -0.25) is 15.0 Å². The number of amides is 2. The second-order valence-electron chi connectivity index (χ2n) is 6.73. The van der Waals surface area contributed by atoms with E-state index < -0.39 is 10.6 Å². The molecule has 2 bridgehead atoms. The summed E-state index contributed by atoms with van der Waals surface area (Å²) in [5.74, 6) is 0.549. The van der Waals surface area contributed by atoms with Gasteiger partial charge in [-0.25, -0.2) is 4.79 Å². The van der Waals surface area contributed by atoms with Gasteiger partial charge in [-0.15, -0.1) is 0 Å². The first kappa shape index (κ1) is 16.8. The van der Waals surface area contributed by atoms with Crippen LogP contribution in [0, 0.1) is 17.0 Å². The third-order valence-corrected chi connectivity index (χ3v) is 5.76. The van der Waals surface area contributed by atoms with Crippen molar-refractivity contribution < 1.29 is 14.5 Å². The van der Waals surface area contributed by atoms with E-state index in [0.29, 0.717) is 17.7 Å². The van der Waals surface area contributed by atoms with E-state index in [0.717, 1.165) is 15.7 Å². The van der Waals surface area contributed by atoms with Gasteiger partial charge in [0.2, 0.25) is 0 Å². The van der Waals surface area contributed by atoms with Crippen LogP contribution >= 0.6 is 15.9 Å². The molecule has 0 radical (unpaired) electrons. The quantitative estimate of drug-likeness (QED) is 0.578. The topological polar surface area (TPSA) is 84.7 Å². The van der Waals surface area contributed by atoms with Crippen molar-refractivity contribution in [3.05, 3.63) is 62.1 Å². The van der Waals surface area contributed by atoms with E-state index in [2.05, 4.69) is 21.2 Å². The fourth-order valence-corrected chi connectivity index (χ4v) is 3.88. The first-order valence-electron chi connectivity index (χ1n) is 8.13. The lowest BCUT2D eigenvalue weighted by Gasteiger charge is -2.50. The maximum Gasteiger partial charge on any atom is 0.325 e. The predicted molar refractivity (Wildman–Crippen MR) is 99.4 cm³/mol. The molecule has 2 aliphatic heterocycles. The Bertz CT molecular complexity index is 948. The molecule has 2 aromatic carbocycles. The van der Waals surface area contributed by atoms with Crippen molar-refractivity contribution in [3.63, 3.8) is 0 Å². The van der Waals surface area contributed by atoms with Crippen molar-refractivity contribution in [1.82, 2.24) is 5.32 Å². The monoisotopic (exact) mass is 417 g/mol. The Kier molecular flexibility index (Phi) is 3.69. The summed E-state index contributed by atoms with van der Waals surface area (Å²) in [6, 6.07) is 9.54. The van der Waals surface area contributed by atoms with Crippen molar-refractivity contribution in [1.29, 1.82) is 0 Å². The summed E-state index contributed by atoms with van der Waals surface area (Å²) in [7, 11) is 0. The molecule has 1 fully saturated rings. The van der Waals surface area contributed by atoms with Crippen LogP contribution in [0.1, 0.15) is 30.5 Å².